The summed E-state index contributed by atoms with van der Waals surface area (Å²) in [7, 11) is -3.48. The standard InChI is InChI=1S/C30H60O2Si2/c1-23(17-15-21-29(8,9)32-34(13,14)28(5,6)7)24-19-20-25-26(18-16-22-30(24,25)10)31-33(11,12)27(2,3)4/h25-26H,15-22H2,1-14H3/t25-,26-,30+/m0/s1. The highest BCUT2D eigenvalue weighted by Crippen LogP contribution is 2.58. The van der Waals surface area contributed by atoms with Crippen LogP contribution in [0.2, 0.25) is 36.3 Å². The van der Waals surface area contributed by atoms with Gasteiger partial charge in [0.05, 0.1) is 5.60 Å². The van der Waals surface area contributed by atoms with Gasteiger partial charge in [0.15, 0.2) is 16.6 Å². The van der Waals surface area contributed by atoms with Crippen molar-refractivity contribution in [1.29, 1.82) is 0 Å². The molecule has 0 spiro atoms. The third kappa shape index (κ3) is 6.69. The van der Waals surface area contributed by atoms with Gasteiger partial charge in [-0.3, -0.25) is 0 Å². The summed E-state index contributed by atoms with van der Waals surface area (Å²) in [5, 5.41) is 0.549. The fourth-order valence-corrected chi connectivity index (χ4v) is 9.34. The molecule has 200 valence electrons. The average Bonchev–Trinajstić information content (AvgIpc) is 2.96. The van der Waals surface area contributed by atoms with Crippen LogP contribution in [0.3, 0.4) is 0 Å². The van der Waals surface area contributed by atoms with Gasteiger partial charge in [-0.25, -0.2) is 0 Å². The molecule has 2 nitrogen and oxygen atoms in total. The van der Waals surface area contributed by atoms with Gasteiger partial charge >= 0.3 is 0 Å². The summed E-state index contributed by atoms with van der Waals surface area (Å²) < 4.78 is 13.9. The minimum Gasteiger partial charge on any atom is -0.414 e. The Morgan fingerprint density at radius 2 is 1.47 bits per heavy atom. The lowest BCUT2D eigenvalue weighted by Crippen LogP contribution is -2.49. The maximum Gasteiger partial charge on any atom is 0.192 e. The van der Waals surface area contributed by atoms with Crippen molar-refractivity contribution in [2.45, 2.75) is 169 Å². The molecule has 2 fully saturated rings. The number of fused-ring (bicyclic) bond motifs is 1. The highest BCUT2D eigenvalue weighted by atomic mass is 28.4. The van der Waals surface area contributed by atoms with Crippen LogP contribution in [0.15, 0.2) is 11.1 Å². The lowest BCUT2D eigenvalue weighted by Gasteiger charge is -2.48. The molecule has 4 heteroatoms. The average molecular weight is 509 g/mol. The predicted molar refractivity (Wildman–Crippen MR) is 156 cm³/mol. The minimum atomic E-state index is -1.74. The van der Waals surface area contributed by atoms with Gasteiger partial charge in [-0.15, -0.1) is 0 Å². The zero-order valence-electron chi connectivity index (χ0n) is 25.6. The highest BCUT2D eigenvalue weighted by Gasteiger charge is 2.51. The molecule has 0 aromatic rings. The Kier molecular flexibility index (Phi) is 9.01. The molecule has 0 N–H and O–H groups in total. The van der Waals surface area contributed by atoms with Gasteiger partial charge in [0.25, 0.3) is 0 Å². The molecule has 2 rings (SSSR count). The lowest BCUT2D eigenvalue weighted by atomic mass is 9.65. The molecule has 0 bridgehead atoms. The molecular formula is C30H60O2Si2. The Bertz CT molecular complexity index is 736. The molecule has 0 amide bonds. The summed E-state index contributed by atoms with van der Waals surface area (Å²) in [5.74, 6) is 0.707. The highest BCUT2D eigenvalue weighted by molar-refractivity contribution is 6.74. The third-order valence-corrected chi connectivity index (χ3v) is 19.5. The van der Waals surface area contributed by atoms with Crippen molar-refractivity contribution in [3.8, 4) is 0 Å². The summed E-state index contributed by atoms with van der Waals surface area (Å²) in [6.07, 6.45) is 10.6. The monoisotopic (exact) mass is 508 g/mol. The van der Waals surface area contributed by atoms with Crippen molar-refractivity contribution >= 4 is 16.6 Å². The second-order valence-corrected chi connectivity index (χ2v) is 25.1. The van der Waals surface area contributed by atoms with Crippen LogP contribution >= 0.6 is 0 Å². The zero-order valence-corrected chi connectivity index (χ0v) is 27.6. The van der Waals surface area contributed by atoms with E-state index in [1.54, 1.807) is 11.1 Å². The van der Waals surface area contributed by atoms with E-state index < -0.39 is 16.6 Å². The summed E-state index contributed by atoms with van der Waals surface area (Å²) in [6.45, 7) is 33.4. The topological polar surface area (TPSA) is 18.5 Å². The third-order valence-electron chi connectivity index (χ3n) is 10.3. The van der Waals surface area contributed by atoms with Crippen molar-refractivity contribution < 1.29 is 8.85 Å². The van der Waals surface area contributed by atoms with Crippen LogP contribution in [0, 0.1) is 11.3 Å². The first kappa shape index (κ1) is 30.3. The van der Waals surface area contributed by atoms with E-state index in [0.29, 0.717) is 17.4 Å². The van der Waals surface area contributed by atoms with Crippen molar-refractivity contribution in [3.05, 3.63) is 11.1 Å². The van der Waals surface area contributed by atoms with E-state index in [1.807, 2.05) is 0 Å². The van der Waals surface area contributed by atoms with Crippen molar-refractivity contribution in [2.75, 3.05) is 0 Å². The number of hydrogen-bond acceptors (Lipinski definition) is 2. The van der Waals surface area contributed by atoms with Crippen LogP contribution < -0.4 is 0 Å². The fraction of sp³-hybridized carbons (Fsp3) is 0.933. The van der Waals surface area contributed by atoms with Crippen LogP contribution in [-0.2, 0) is 8.85 Å². The fourth-order valence-electron chi connectivity index (χ4n) is 6.15. The summed E-state index contributed by atoms with van der Waals surface area (Å²) >= 11 is 0. The largest absolute Gasteiger partial charge is 0.414 e. The second-order valence-electron chi connectivity index (χ2n) is 15.6. The summed E-state index contributed by atoms with van der Waals surface area (Å²) in [6, 6.07) is 0. The Morgan fingerprint density at radius 3 is 2.00 bits per heavy atom. The quantitative estimate of drug-likeness (QED) is 0.240. The molecule has 0 saturated heterocycles. The van der Waals surface area contributed by atoms with Gasteiger partial charge < -0.3 is 8.85 Å². The Labute approximate surface area is 216 Å². The summed E-state index contributed by atoms with van der Waals surface area (Å²) in [4.78, 5) is 0. The van der Waals surface area contributed by atoms with Crippen LogP contribution in [0.4, 0.5) is 0 Å². The number of allylic oxidation sites excluding steroid dienone is 2. The Hall–Kier alpha value is 0.0938. The van der Waals surface area contributed by atoms with Gasteiger partial charge in [-0.1, -0.05) is 66.0 Å². The van der Waals surface area contributed by atoms with Crippen LogP contribution in [-0.4, -0.2) is 28.3 Å². The molecule has 0 unspecified atom stereocenters. The molecule has 2 aliphatic rings. The number of rotatable bonds is 8. The van der Waals surface area contributed by atoms with E-state index in [1.165, 1.54) is 44.9 Å². The van der Waals surface area contributed by atoms with Gasteiger partial charge in [0.1, 0.15) is 0 Å². The van der Waals surface area contributed by atoms with Gasteiger partial charge in [-0.2, -0.15) is 0 Å². The van der Waals surface area contributed by atoms with E-state index in [-0.39, 0.29) is 15.7 Å². The van der Waals surface area contributed by atoms with E-state index in [2.05, 4.69) is 95.4 Å². The first-order valence-electron chi connectivity index (χ1n) is 14.2. The second kappa shape index (κ2) is 10.1. The first-order valence-corrected chi connectivity index (χ1v) is 20.0. The van der Waals surface area contributed by atoms with E-state index in [4.69, 9.17) is 8.85 Å². The van der Waals surface area contributed by atoms with Crippen molar-refractivity contribution in [2.24, 2.45) is 11.3 Å². The van der Waals surface area contributed by atoms with Crippen molar-refractivity contribution in [3.63, 3.8) is 0 Å². The number of hydrogen-bond donors (Lipinski definition) is 0. The molecule has 34 heavy (non-hydrogen) atoms. The molecule has 0 heterocycles. The van der Waals surface area contributed by atoms with E-state index >= 15 is 0 Å². The zero-order chi connectivity index (χ0) is 26.4. The molecule has 0 aromatic carbocycles. The maximum absolute atomic E-state index is 7.05. The van der Waals surface area contributed by atoms with Gasteiger partial charge in [0.2, 0.25) is 0 Å². The smallest absolute Gasteiger partial charge is 0.192 e. The molecule has 3 atom stereocenters. The Morgan fingerprint density at radius 1 is 0.912 bits per heavy atom. The lowest BCUT2D eigenvalue weighted by molar-refractivity contribution is 0.0230. The van der Waals surface area contributed by atoms with Crippen molar-refractivity contribution in [1.82, 2.24) is 0 Å². The molecule has 0 radical (unpaired) electrons. The van der Waals surface area contributed by atoms with Gasteiger partial charge in [0, 0.05) is 6.10 Å². The Balaban J connectivity index is 2.07. The van der Waals surface area contributed by atoms with E-state index in [0.717, 1.165) is 6.42 Å². The normalized spacial score (nSPS) is 28.8. The molecule has 2 saturated carbocycles. The van der Waals surface area contributed by atoms with Crippen LogP contribution in [0.1, 0.15) is 121 Å². The first-order chi connectivity index (χ1) is 15.1. The molecule has 0 aromatic heterocycles. The maximum atomic E-state index is 7.05. The molecule has 2 aliphatic carbocycles. The predicted octanol–water partition coefficient (Wildman–Crippen LogP) is 10.3. The molecular weight excluding hydrogens is 449 g/mol. The minimum absolute atomic E-state index is 0.0387. The summed E-state index contributed by atoms with van der Waals surface area (Å²) in [5.41, 5.74) is 3.76. The molecule has 0 aliphatic heterocycles. The van der Waals surface area contributed by atoms with Crippen LogP contribution in [0.5, 0.6) is 0 Å². The van der Waals surface area contributed by atoms with E-state index in [9.17, 15) is 0 Å². The van der Waals surface area contributed by atoms with Crippen LogP contribution in [0.25, 0.3) is 0 Å². The van der Waals surface area contributed by atoms with Gasteiger partial charge in [-0.05, 0) is 113 Å². The SMILES string of the molecule is CC(CCCC(C)(C)O[Si](C)(C)C(C)(C)C)=C1CC[C@H]2[C@@H](O[Si](C)(C)C(C)(C)C)CCC[C@]12C.